The van der Waals surface area contributed by atoms with Gasteiger partial charge in [-0.15, -0.1) is 0 Å². The highest BCUT2D eigenvalue weighted by Gasteiger charge is 2.32. The van der Waals surface area contributed by atoms with Crippen LogP contribution < -0.4 is 5.32 Å². The van der Waals surface area contributed by atoms with Crippen LogP contribution in [0.25, 0.3) is 11.0 Å². The second-order valence-corrected chi connectivity index (χ2v) is 19.7. The maximum absolute atomic E-state index is 12.9. The summed E-state index contributed by atoms with van der Waals surface area (Å²) in [5.41, 5.74) is 3.63. The summed E-state index contributed by atoms with van der Waals surface area (Å²) in [5, 5.41) is 8.83. The number of nitrogens with zero attached hydrogens (tertiary/aromatic N) is 6. The monoisotopic (exact) mass is 581 g/mol. The number of aryl methyl sites for hydroxylation is 1. The van der Waals surface area contributed by atoms with Crippen molar-refractivity contribution < 1.29 is 14.3 Å². The smallest absolute Gasteiger partial charge is 0.410 e. The van der Waals surface area contributed by atoms with Crippen LogP contribution in [-0.4, -0.2) is 68.7 Å². The molecule has 1 aliphatic heterocycles. The van der Waals surface area contributed by atoms with Crippen LogP contribution in [0.3, 0.4) is 0 Å². The Bertz CT molecular complexity index is 1370. The van der Waals surface area contributed by atoms with E-state index in [0.717, 1.165) is 60.9 Å². The summed E-state index contributed by atoms with van der Waals surface area (Å²) < 4.78 is 15.8. The summed E-state index contributed by atoms with van der Waals surface area (Å²) in [7, 11) is 0.716. The number of carbonyl (C=O) groups is 1. The predicted octanol–water partition coefficient (Wildman–Crippen LogP) is 6.29. The molecule has 2 aliphatic rings. The lowest BCUT2D eigenvalue weighted by molar-refractivity contribution is 0.0166. The van der Waals surface area contributed by atoms with E-state index in [4.69, 9.17) is 19.4 Å². The van der Waals surface area contributed by atoms with E-state index in [1.54, 1.807) is 10.9 Å². The third kappa shape index (κ3) is 7.88. The first kappa shape index (κ1) is 29.6. The lowest BCUT2D eigenvalue weighted by atomic mass is 9.92. The van der Waals surface area contributed by atoms with Crippen LogP contribution in [0.4, 0.5) is 16.4 Å². The molecular formula is C30H47N7O3Si. The lowest BCUT2D eigenvalue weighted by Gasteiger charge is -2.34. The molecule has 3 aromatic rings. The minimum Gasteiger partial charge on any atom is -0.444 e. The van der Waals surface area contributed by atoms with Gasteiger partial charge < -0.3 is 24.3 Å². The van der Waals surface area contributed by atoms with Gasteiger partial charge in [-0.2, -0.15) is 10.1 Å². The predicted molar refractivity (Wildman–Crippen MR) is 164 cm³/mol. The molecule has 10 nitrogen and oxygen atoms in total. The van der Waals surface area contributed by atoms with Crippen LogP contribution in [0.2, 0.25) is 25.7 Å². The number of ether oxygens (including phenoxy) is 2. The van der Waals surface area contributed by atoms with Crippen molar-refractivity contribution in [3.63, 3.8) is 0 Å². The van der Waals surface area contributed by atoms with Crippen molar-refractivity contribution in [3.8, 4) is 0 Å². The Kier molecular flexibility index (Phi) is 8.48. The van der Waals surface area contributed by atoms with Crippen LogP contribution in [-0.2, 0) is 29.7 Å². The first-order valence-electron chi connectivity index (χ1n) is 15.1. The summed E-state index contributed by atoms with van der Waals surface area (Å²) >= 11 is 0. The van der Waals surface area contributed by atoms with Gasteiger partial charge in [-0.25, -0.2) is 9.78 Å². The standard InChI is InChI=1S/C30H47N7O3Si/c1-30(2,3)40-29(38)36-12-8-9-21(17-36)15-25-26-24(22-10-11-22)19-37(20-39-13-14-41(5,6)7)27(26)34-28(33-25)32-23-16-31-35(4)18-23/h16,18-19,21-22H,8-15,17,20H2,1-7H3,(H,32,33,34). The molecule has 4 heterocycles. The van der Waals surface area contributed by atoms with Crippen LogP contribution in [0.5, 0.6) is 0 Å². The van der Waals surface area contributed by atoms with Gasteiger partial charge in [-0.05, 0) is 76.3 Å². The molecule has 5 rings (SSSR count). The van der Waals surface area contributed by atoms with Crippen LogP contribution >= 0.6 is 0 Å². The number of nitrogens with one attached hydrogen (secondary N) is 1. The third-order valence-corrected chi connectivity index (χ3v) is 9.38. The number of hydrogen-bond donors (Lipinski definition) is 1. The maximum atomic E-state index is 12.9. The molecule has 11 heteroatoms. The second-order valence-electron chi connectivity index (χ2n) is 14.0. The summed E-state index contributed by atoms with van der Waals surface area (Å²) in [6.45, 7) is 15.5. The first-order chi connectivity index (χ1) is 19.3. The third-order valence-electron chi connectivity index (χ3n) is 7.68. The van der Waals surface area contributed by atoms with Crippen LogP contribution in [0.15, 0.2) is 18.6 Å². The number of likely N-dealkylation sites (tertiary alicyclic amines) is 1. The van der Waals surface area contributed by atoms with E-state index >= 15 is 0 Å². The number of fused-ring (bicyclic) bond motifs is 1. The quantitative estimate of drug-likeness (QED) is 0.222. The molecule has 1 amide bonds. The fourth-order valence-corrected chi connectivity index (χ4v) is 6.21. The Hall–Kier alpha value is -2.92. The maximum Gasteiger partial charge on any atom is 0.410 e. The number of amides is 1. The van der Waals surface area contributed by atoms with E-state index < -0.39 is 13.7 Å². The molecule has 2 fully saturated rings. The number of carbonyl (C=O) groups excluding carboxylic acids is 1. The number of hydrogen-bond acceptors (Lipinski definition) is 7. The molecule has 0 radical (unpaired) electrons. The highest BCUT2D eigenvalue weighted by atomic mass is 28.3. The average molecular weight is 582 g/mol. The molecular weight excluding hydrogens is 534 g/mol. The van der Waals surface area contributed by atoms with E-state index in [9.17, 15) is 4.79 Å². The molecule has 1 saturated carbocycles. The molecule has 1 atom stereocenters. The summed E-state index contributed by atoms with van der Waals surface area (Å²) in [4.78, 5) is 24.9. The highest BCUT2D eigenvalue weighted by molar-refractivity contribution is 6.76. The number of anilines is 2. The normalized spacial score (nSPS) is 18.2. The van der Waals surface area contributed by atoms with Crippen LogP contribution in [0, 0.1) is 5.92 Å². The Morgan fingerprint density at radius 2 is 1.93 bits per heavy atom. The summed E-state index contributed by atoms with van der Waals surface area (Å²) in [6.07, 6.45) is 10.9. The zero-order valence-corrected chi connectivity index (χ0v) is 26.9. The number of aromatic nitrogens is 5. The van der Waals surface area contributed by atoms with Gasteiger partial charge in [-0.1, -0.05) is 19.6 Å². The van der Waals surface area contributed by atoms with E-state index in [0.29, 0.717) is 31.1 Å². The molecule has 224 valence electrons. The molecule has 1 saturated heterocycles. The van der Waals surface area contributed by atoms with Crippen molar-refractivity contribution in [2.75, 3.05) is 25.0 Å². The van der Waals surface area contributed by atoms with E-state index in [1.807, 2.05) is 38.9 Å². The van der Waals surface area contributed by atoms with Gasteiger partial charge in [0.05, 0.1) is 17.6 Å². The fraction of sp³-hybridized carbons (Fsp3) is 0.667. The average Bonchev–Trinajstić information content (AvgIpc) is 3.54. The Labute approximate surface area is 244 Å². The Balaban J connectivity index is 1.45. The first-order valence-corrected chi connectivity index (χ1v) is 18.8. The van der Waals surface area contributed by atoms with E-state index in [2.05, 4.69) is 40.8 Å². The number of rotatable bonds is 10. The zero-order valence-electron chi connectivity index (χ0n) is 25.9. The Morgan fingerprint density at radius 3 is 2.59 bits per heavy atom. The van der Waals surface area contributed by atoms with Crippen molar-refractivity contribution in [2.24, 2.45) is 13.0 Å². The van der Waals surface area contributed by atoms with Crippen molar-refractivity contribution >= 4 is 36.8 Å². The Morgan fingerprint density at radius 1 is 1.15 bits per heavy atom. The van der Waals surface area contributed by atoms with Gasteiger partial charge >= 0.3 is 6.09 Å². The molecule has 1 N–H and O–H groups in total. The minimum absolute atomic E-state index is 0.228. The summed E-state index contributed by atoms with van der Waals surface area (Å²) in [5.74, 6) is 1.40. The van der Waals surface area contributed by atoms with E-state index in [1.165, 1.54) is 18.4 Å². The SMILES string of the molecule is Cn1cc(Nc2nc(CC3CCCN(C(=O)OC(C)(C)C)C3)c3c(C4CC4)cn(COCC[Si](C)(C)C)c3n2)cn1. The van der Waals surface area contributed by atoms with Gasteiger partial charge in [0.25, 0.3) is 0 Å². The molecule has 3 aromatic heterocycles. The van der Waals surface area contributed by atoms with E-state index in [-0.39, 0.29) is 6.09 Å². The fourth-order valence-electron chi connectivity index (χ4n) is 5.45. The van der Waals surface area contributed by atoms with Crippen molar-refractivity contribution in [1.29, 1.82) is 0 Å². The van der Waals surface area contributed by atoms with Crippen molar-refractivity contribution in [3.05, 3.63) is 29.8 Å². The summed E-state index contributed by atoms with van der Waals surface area (Å²) in [6, 6.07) is 1.13. The van der Waals surface area contributed by atoms with Gasteiger partial charge in [0.1, 0.15) is 18.0 Å². The molecule has 0 bridgehead atoms. The number of piperidine rings is 1. The molecule has 41 heavy (non-hydrogen) atoms. The zero-order chi connectivity index (χ0) is 29.4. The van der Waals surface area contributed by atoms with Crippen molar-refractivity contribution in [1.82, 2.24) is 29.2 Å². The lowest BCUT2D eigenvalue weighted by Crippen LogP contribution is -2.43. The van der Waals surface area contributed by atoms with Gasteiger partial charge in [0, 0.05) is 52.6 Å². The van der Waals surface area contributed by atoms with Gasteiger partial charge in [-0.3, -0.25) is 4.68 Å². The molecule has 1 unspecified atom stereocenters. The molecule has 0 spiro atoms. The molecule has 0 aromatic carbocycles. The van der Waals surface area contributed by atoms with Gasteiger partial charge in [0.2, 0.25) is 5.95 Å². The topological polar surface area (TPSA) is 99.3 Å². The molecule has 1 aliphatic carbocycles. The highest BCUT2D eigenvalue weighted by Crippen LogP contribution is 2.45. The minimum atomic E-state index is -1.18. The van der Waals surface area contributed by atoms with Gasteiger partial charge in [0.15, 0.2) is 0 Å². The van der Waals surface area contributed by atoms with Crippen molar-refractivity contribution in [2.45, 2.75) is 96.8 Å². The second kappa shape index (κ2) is 11.8. The largest absolute Gasteiger partial charge is 0.444 e. The van der Waals surface area contributed by atoms with Crippen LogP contribution in [0.1, 0.15) is 63.6 Å².